The predicted octanol–water partition coefficient (Wildman–Crippen LogP) is 3.53. The smallest absolute Gasteiger partial charge is 0.343 e. The fourth-order valence-corrected chi connectivity index (χ4v) is 4.37. The Kier molecular flexibility index (Phi) is 5.87. The Morgan fingerprint density at radius 1 is 1.12 bits per heavy atom. The number of nitrogens with zero attached hydrogens (tertiary/aromatic N) is 2. The molecule has 0 atom stereocenters. The van der Waals surface area contributed by atoms with Crippen molar-refractivity contribution in [1.82, 2.24) is 9.88 Å². The minimum atomic E-state index is -1.62. The maximum Gasteiger partial charge on any atom is 0.343 e. The number of nitrogens with one attached hydrogen (secondary N) is 1. The first-order valence-electron chi connectivity index (χ1n) is 10.4. The van der Waals surface area contributed by atoms with E-state index in [0.717, 1.165) is 16.7 Å². The summed E-state index contributed by atoms with van der Waals surface area (Å²) in [5.41, 5.74) is -3.16. The summed E-state index contributed by atoms with van der Waals surface area (Å²) in [5.74, 6) is -5.89. The van der Waals surface area contributed by atoms with Gasteiger partial charge in [0.15, 0.2) is 5.82 Å². The number of carboxylic acids is 1. The largest absolute Gasteiger partial charge is 0.477 e. The average molecular weight is 463 g/mol. The molecule has 0 unspecified atom stereocenters. The number of hydrogen-bond acceptors (Lipinski definition) is 4. The Bertz CT molecular complexity index is 1350. The van der Waals surface area contributed by atoms with Gasteiger partial charge in [0.05, 0.1) is 16.6 Å². The molecule has 1 saturated heterocycles. The molecule has 1 aliphatic rings. The molecule has 174 valence electrons. The van der Waals surface area contributed by atoms with Gasteiger partial charge in [-0.25, -0.2) is 22.4 Å². The second kappa shape index (κ2) is 8.51. The number of hydrogen-bond donors (Lipinski definition) is 2. The highest BCUT2D eigenvalue weighted by atomic mass is 19.1. The van der Waals surface area contributed by atoms with Crippen LogP contribution < -0.4 is 15.6 Å². The van der Waals surface area contributed by atoms with Crippen molar-refractivity contribution in [2.45, 2.75) is 20.3 Å². The second-order valence-corrected chi connectivity index (χ2v) is 7.81. The Balaban J connectivity index is 2.33. The molecule has 0 saturated carbocycles. The number of anilines is 1. The summed E-state index contributed by atoms with van der Waals surface area (Å²) in [7, 11) is 0. The fraction of sp³-hybridized carbons (Fsp3) is 0.304. The van der Waals surface area contributed by atoms with Gasteiger partial charge >= 0.3 is 5.97 Å². The highest BCUT2D eigenvalue weighted by Crippen LogP contribution is 2.35. The van der Waals surface area contributed by atoms with Crippen molar-refractivity contribution in [2.24, 2.45) is 0 Å². The lowest BCUT2D eigenvalue weighted by Gasteiger charge is -2.33. The van der Waals surface area contributed by atoms with Crippen molar-refractivity contribution >= 4 is 22.7 Å². The Morgan fingerprint density at radius 2 is 1.79 bits per heavy atom. The molecular formula is C23H21F4N3O3. The van der Waals surface area contributed by atoms with Crippen LogP contribution in [0.2, 0.25) is 0 Å². The third kappa shape index (κ3) is 3.54. The van der Waals surface area contributed by atoms with Crippen molar-refractivity contribution in [3.63, 3.8) is 0 Å². The predicted molar refractivity (Wildman–Crippen MR) is 116 cm³/mol. The van der Waals surface area contributed by atoms with Gasteiger partial charge in [-0.2, -0.15) is 0 Å². The molecule has 2 aromatic carbocycles. The summed E-state index contributed by atoms with van der Waals surface area (Å²) < 4.78 is 60.4. The van der Waals surface area contributed by atoms with Gasteiger partial charge in [0.25, 0.3) is 0 Å². The van der Waals surface area contributed by atoms with Crippen molar-refractivity contribution < 1.29 is 27.5 Å². The zero-order valence-corrected chi connectivity index (χ0v) is 17.9. The van der Waals surface area contributed by atoms with E-state index in [1.807, 2.05) is 0 Å². The number of fused-ring (bicyclic) bond motifs is 1. The molecule has 10 heteroatoms. The van der Waals surface area contributed by atoms with Gasteiger partial charge in [-0.15, -0.1) is 0 Å². The van der Waals surface area contributed by atoms with Crippen LogP contribution in [-0.2, 0) is 6.42 Å². The van der Waals surface area contributed by atoms with Gasteiger partial charge in [-0.05, 0) is 31.0 Å². The van der Waals surface area contributed by atoms with E-state index in [1.165, 1.54) is 18.7 Å². The summed E-state index contributed by atoms with van der Waals surface area (Å²) in [5, 5.41) is 12.5. The lowest BCUT2D eigenvalue weighted by molar-refractivity contribution is 0.0695. The maximum atomic E-state index is 15.8. The zero-order chi connectivity index (χ0) is 24.0. The van der Waals surface area contributed by atoms with Crippen LogP contribution in [0.5, 0.6) is 0 Å². The number of halogens is 4. The van der Waals surface area contributed by atoms with Gasteiger partial charge in [-0.3, -0.25) is 9.36 Å². The van der Waals surface area contributed by atoms with E-state index in [4.69, 9.17) is 0 Å². The number of carbonyl (C=O) groups is 1. The summed E-state index contributed by atoms with van der Waals surface area (Å²) >= 11 is 0. The molecule has 0 bridgehead atoms. The quantitative estimate of drug-likeness (QED) is 0.580. The number of aryl methyl sites for hydroxylation is 1. The number of rotatable bonds is 4. The van der Waals surface area contributed by atoms with Crippen LogP contribution in [-0.4, -0.2) is 41.8 Å². The number of piperazine rings is 1. The van der Waals surface area contributed by atoms with Crippen LogP contribution in [0.4, 0.5) is 23.4 Å². The number of pyridine rings is 1. The Morgan fingerprint density at radius 3 is 2.36 bits per heavy atom. The molecule has 33 heavy (non-hydrogen) atoms. The second-order valence-electron chi connectivity index (χ2n) is 7.81. The van der Waals surface area contributed by atoms with E-state index in [9.17, 15) is 23.5 Å². The van der Waals surface area contributed by atoms with Crippen LogP contribution in [0.1, 0.15) is 28.4 Å². The van der Waals surface area contributed by atoms with Gasteiger partial charge < -0.3 is 15.3 Å². The summed E-state index contributed by atoms with van der Waals surface area (Å²) in [6.07, 6.45) is -0.0574. The first-order valence-corrected chi connectivity index (χ1v) is 10.4. The van der Waals surface area contributed by atoms with Crippen LogP contribution in [0.3, 0.4) is 0 Å². The van der Waals surface area contributed by atoms with E-state index >= 15 is 8.78 Å². The van der Waals surface area contributed by atoms with Crippen molar-refractivity contribution in [2.75, 3.05) is 31.1 Å². The summed E-state index contributed by atoms with van der Waals surface area (Å²) in [6.45, 7) is 4.13. The van der Waals surface area contributed by atoms with Crippen LogP contribution in [0.25, 0.3) is 16.6 Å². The highest BCUT2D eigenvalue weighted by Gasteiger charge is 2.32. The first-order chi connectivity index (χ1) is 15.7. The topological polar surface area (TPSA) is 74.6 Å². The summed E-state index contributed by atoms with van der Waals surface area (Å²) in [6, 6.07) is 2.56. The molecule has 3 aromatic rings. The first kappa shape index (κ1) is 22.8. The molecule has 1 aromatic heterocycles. The SMILES string of the molecule is CCc1c(F)c(C)c2c(=O)c(C(=O)O)c(N3CCNCC3)n(-c3ccc(F)cc3F)c2c1F. The molecule has 2 N–H and O–H groups in total. The molecular weight excluding hydrogens is 442 g/mol. The number of aromatic nitrogens is 1. The van der Waals surface area contributed by atoms with Crippen LogP contribution in [0.15, 0.2) is 23.0 Å². The molecule has 1 aliphatic heterocycles. The average Bonchev–Trinajstić information content (AvgIpc) is 2.78. The standard InChI is InChI=1S/C23H21F4N3O3/c1-3-13-18(26)11(2)16-20(19(13)27)30(15-5-4-12(24)10-14(15)25)22(17(21(16)31)23(32)33)29-8-6-28-7-9-29/h4-5,10,28H,3,6-9H2,1-2H3,(H,32,33). The van der Waals surface area contributed by atoms with Gasteiger partial charge in [-0.1, -0.05) is 6.92 Å². The Labute approximate surface area is 186 Å². The molecule has 0 amide bonds. The minimum absolute atomic E-state index is 0.0574. The molecule has 0 spiro atoms. The summed E-state index contributed by atoms with van der Waals surface area (Å²) in [4.78, 5) is 27.2. The fourth-order valence-electron chi connectivity index (χ4n) is 4.37. The zero-order valence-electron chi connectivity index (χ0n) is 17.9. The number of carboxylic acid groups (broad SMARTS) is 1. The van der Waals surface area contributed by atoms with Gasteiger partial charge in [0.1, 0.15) is 28.8 Å². The molecule has 2 heterocycles. The van der Waals surface area contributed by atoms with Gasteiger partial charge in [0, 0.05) is 37.8 Å². The van der Waals surface area contributed by atoms with E-state index < -0.39 is 51.1 Å². The lowest BCUT2D eigenvalue weighted by Crippen LogP contribution is -2.46. The molecule has 6 nitrogen and oxygen atoms in total. The van der Waals surface area contributed by atoms with Crippen molar-refractivity contribution in [3.8, 4) is 5.69 Å². The highest BCUT2D eigenvalue weighted by molar-refractivity contribution is 6.00. The third-order valence-electron chi connectivity index (χ3n) is 5.93. The van der Waals surface area contributed by atoms with E-state index in [0.29, 0.717) is 19.2 Å². The maximum absolute atomic E-state index is 15.8. The number of aromatic carboxylic acids is 1. The van der Waals surface area contributed by atoms with Gasteiger partial charge in [0.2, 0.25) is 5.43 Å². The third-order valence-corrected chi connectivity index (χ3v) is 5.93. The Hall–Kier alpha value is -3.40. The van der Waals surface area contributed by atoms with Crippen molar-refractivity contribution in [3.05, 3.63) is 68.4 Å². The van der Waals surface area contributed by atoms with E-state index in [2.05, 4.69) is 5.32 Å². The van der Waals surface area contributed by atoms with Crippen LogP contribution in [0, 0.1) is 30.2 Å². The molecule has 0 radical (unpaired) electrons. The molecule has 4 rings (SSSR count). The monoisotopic (exact) mass is 463 g/mol. The number of benzene rings is 2. The van der Waals surface area contributed by atoms with Crippen molar-refractivity contribution in [1.29, 1.82) is 0 Å². The van der Waals surface area contributed by atoms with E-state index in [-0.39, 0.29) is 42.1 Å². The normalized spacial score (nSPS) is 14.2. The molecule has 1 fully saturated rings. The lowest BCUT2D eigenvalue weighted by atomic mass is 9.98. The minimum Gasteiger partial charge on any atom is -0.477 e. The van der Waals surface area contributed by atoms with Crippen LogP contribution >= 0.6 is 0 Å². The molecule has 0 aliphatic carbocycles. The van der Waals surface area contributed by atoms with E-state index in [1.54, 1.807) is 0 Å².